The Hall–Kier alpha value is -4.14. The summed E-state index contributed by atoms with van der Waals surface area (Å²) in [4.78, 5) is 41.6. The maximum absolute atomic E-state index is 12.3. The number of nitrogens with zero attached hydrogens (tertiary/aromatic N) is 2. The first-order valence-corrected chi connectivity index (χ1v) is 8.45. The number of aliphatic imine (C=N–C) groups is 1. The Morgan fingerprint density at radius 2 is 1.79 bits per heavy atom. The summed E-state index contributed by atoms with van der Waals surface area (Å²) >= 11 is 0. The standard InChI is InChI=1S/C20H17N3O6/c1-10-3-5-13(7-11(10)2)23-18(26)15(17(25)22-20(23)29)9-21-12-4-6-16(24)14(8-12)19(27)28/h3-9,24,26H,1-2H3,(H,27,28)(H,22,25,29). The van der Waals surface area contributed by atoms with Crippen LogP contribution in [0.5, 0.6) is 11.6 Å². The summed E-state index contributed by atoms with van der Waals surface area (Å²) in [7, 11) is 0. The van der Waals surface area contributed by atoms with E-state index in [0.29, 0.717) is 5.69 Å². The molecular formula is C20H17N3O6. The number of aryl methyl sites for hydroxylation is 2. The summed E-state index contributed by atoms with van der Waals surface area (Å²) < 4.78 is 0.939. The smallest absolute Gasteiger partial charge is 0.339 e. The molecule has 9 nitrogen and oxygen atoms in total. The average Bonchev–Trinajstić information content (AvgIpc) is 2.65. The van der Waals surface area contributed by atoms with Crippen molar-refractivity contribution in [1.82, 2.24) is 9.55 Å². The van der Waals surface area contributed by atoms with E-state index in [1.165, 1.54) is 6.07 Å². The van der Waals surface area contributed by atoms with Gasteiger partial charge in [-0.1, -0.05) is 6.07 Å². The summed E-state index contributed by atoms with van der Waals surface area (Å²) in [5.74, 6) is -2.38. The number of aromatic amines is 1. The first kappa shape index (κ1) is 19.6. The average molecular weight is 395 g/mol. The number of H-pyrrole nitrogens is 1. The Kier molecular flexibility index (Phi) is 5.05. The first-order valence-electron chi connectivity index (χ1n) is 8.45. The number of carboxylic acid groups (broad SMARTS) is 1. The molecule has 0 fully saturated rings. The van der Waals surface area contributed by atoms with Gasteiger partial charge in [-0.2, -0.15) is 0 Å². The minimum absolute atomic E-state index is 0.128. The Morgan fingerprint density at radius 1 is 1.07 bits per heavy atom. The minimum Gasteiger partial charge on any atom is -0.507 e. The van der Waals surface area contributed by atoms with E-state index in [0.717, 1.165) is 34.0 Å². The Morgan fingerprint density at radius 3 is 2.45 bits per heavy atom. The molecule has 0 radical (unpaired) electrons. The number of aromatic nitrogens is 2. The fraction of sp³-hybridized carbons (Fsp3) is 0.100. The monoisotopic (exact) mass is 395 g/mol. The number of aromatic carboxylic acids is 1. The van der Waals surface area contributed by atoms with Gasteiger partial charge >= 0.3 is 11.7 Å². The molecule has 0 aliphatic rings. The molecule has 0 atom stereocenters. The zero-order valence-electron chi connectivity index (χ0n) is 15.5. The molecule has 148 valence electrons. The third kappa shape index (κ3) is 3.79. The van der Waals surface area contributed by atoms with Crippen molar-refractivity contribution in [3.8, 4) is 17.3 Å². The number of hydrogen-bond donors (Lipinski definition) is 4. The Balaban J connectivity index is 2.11. The fourth-order valence-electron chi connectivity index (χ4n) is 2.67. The number of nitrogens with one attached hydrogen (secondary N) is 1. The molecule has 29 heavy (non-hydrogen) atoms. The summed E-state index contributed by atoms with van der Waals surface area (Å²) in [6.07, 6.45) is 1.02. The van der Waals surface area contributed by atoms with Crippen LogP contribution in [-0.4, -0.2) is 37.1 Å². The molecule has 1 aromatic heterocycles. The molecule has 0 unspecified atom stereocenters. The van der Waals surface area contributed by atoms with Gasteiger partial charge in [-0.3, -0.25) is 14.8 Å². The van der Waals surface area contributed by atoms with Crippen molar-refractivity contribution in [1.29, 1.82) is 0 Å². The van der Waals surface area contributed by atoms with Gasteiger partial charge in [-0.15, -0.1) is 0 Å². The second-order valence-corrected chi connectivity index (χ2v) is 6.37. The summed E-state index contributed by atoms with van der Waals surface area (Å²) in [6, 6.07) is 8.69. The third-order valence-corrected chi connectivity index (χ3v) is 4.42. The van der Waals surface area contributed by atoms with Gasteiger partial charge in [0.25, 0.3) is 5.56 Å². The third-order valence-electron chi connectivity index (χ3n) is 4.42. The fourth-order valence-corrected chi connectivity index (χ4v) is 2.67. The van der Waals surface area contributed by atoms with Gasteiger partial charge in [0.05, 0.1) is 11.4 Å². The lowest BCUT2D eigenvalue weighted by Crippen LogP contribution is -2.31. The molecule has 3 aromatic rings. The van der Waals surface area contributed by atoms with Crippen LogP contribution < -0.4 is 11.2 Å². The van der Waals surface area contributed by atoms with E-state index in [9.17, 15) is 24.6 Å². The van der Waals surface area contributed by atoms with Crippen LogP contribution in [0.15, 0.2) is 51.0 Å². The normalized spacial score (nSPS) is 11.1. The topological polar surface area (TPSA) is 145 Å². The number of carboxylic acids is 1. The molecule has 1 heterocycles. The van der Waals surface area contributed by atoms with Crippen LogP contribution in [-0.2, 0) is 0 Å². The van der Waals surface area contributed by atoms with E-state index in [4.69, 9.17) is 5.11 Å². The van der Waals surface area contributed by atoms with E-state index in [1.54, 1.807) is 18.2 Å². The van der Waals surface area contributed by atoms with Crippen molar-refractivity contribution in [3.63, 3.8) is 0 Å². The van der Waals surface area contributed by atoms with Crippen LogP contribution in [0.2, 0.25) is 0 Å². The second kappa shape index (κ2) is 7.47. The zero-order chi connectivity index (χ0) is 21.3. The molecule has 0 saturated heterocycles. The quantitative estimate of drug-likeness (QED) is 0.497. The predicted octanol–water partition coefficient (Wildman–Crippen LogP) is 2.00. The predicted molar refractivity (Wildman–Crippen MR) is 106 cm³/mol. The van der Waals surface area contributed by atoms with Gasteiger partial charge in [-0.25, -0.2) is 14.2 Å². The van der Waals surface area contributed by atoms with Crippen molar-refractivity contribution in [3.05, 3.63) is 79.5 Å². The van der Waals surface area contributed by atoms with Crippen molar-refractivity contribution >= 4 is 17.9 Å². The van der Waals surface area contributed by atoms with Crippen LogP contribution in [0.3, 0.4) is 0 Å². The van der Waals surface area contributed by atoms with Gasteiger partial charge in [0.2, 0.25) is 5.88 Å². The number of benzene rings is 2. The molecule has 0 aliphatic carbocycles. The lowest BCUT2D eigenvalue weighted by molar-refractivity contribution is 0.0693. The highest BCUT2D eigenvalue weighted by atomic mass is 16.4. The number of rotatable bonds is 4. The van der Waals surface area contributed by atoms with Crippen LogP contribution in [0.4, 0.5) is 5.69 Å². The largest absolute Gasteiger partial charge is 0.507 e. The Bertz CT molecular complexity index is 1270. The molecule has 9 heteroatoms. The Labute approximate surface area is 163 Å². The highest BCUT2D eigenvalue weighted by Gasteiger charge is 2.15. The van der Waals surface area contributed by atoms with Gasteiger partial charge in [0.15, 0.2) is 0 Å². The van der Waals surface area contributed by atoms with Crippen LogP contribution in [0.1, 0.15) is 27.0 Å². The molecule has 4 N–H and O–H groups in total. The molecule has 3 rings (SSSR count). The molecule has 0 spiro atoms. The van der Waals surface area contributed by atoms with Crippen LogP contribution in [0.25, 0.3) is 5.69 Å². The number of carbonyl (C=O) groups is 1. The molecule has 2 aromatic carbocycles. The van der Waals surface area contributed by atoms with Crippen LogP contribution in [0, 0.1) is 13.8 Å². The van der Waals surface area contributed by atoms with E-state index >= 15 is 0 Å². The van der Waals surface area contributed by atoms with Crippen molar-refractivity contribution in [2.24, 2.45) is 4.99 Å². The maximum atomic E-state index is 12.3. The van der Waals surface area contributed by atoms with E-state index < -0.39 is 28.8 Å². The highest BCUT2D eigenvalue weighted by molar-refractivity contribution is 5.92. The number of hydrogen-bond acceptors (Lipinski definition) is 6. The molecule has 0 aliphatic heterocycles. The van der Waals surface area contributed by atoms with E-state index in [2.05, 4.69) is 9.98 Å². The first-order chi connectivity index (χ1) is 13.7. The van der Waals surface area contributed by atoms with Crippen molar-refractivity contribution < 1.29 is 20.1 Å². The number of phenols is 1. The van der Waals surface area contributed by atoms with Gasteiger partial charge < -0.3 is 15.3 Å². The van der Waals surface area contributed by atoms with Crippen molar-refractivity contribution in [2.45, 2.75) is 13.8 Å². The molecule has 0 saturated carbocycles. The van der Waals surface area contributed by atoms with Gasteiger partial charge in [0, 0.05) is 6.21 Å². The maximum Gasteiger partial charge on any atom is 0.339 e. The van der Waals surface area contributed by atoms with Gasteiger partial charge in [-0.05, 0) is 55.3 Å². The lowest BCUT2D eigenvalue weighted by atomic mass is 10.1. The zero-order valence-corrected chi connectivity index (χ0v) is 15.5. The van der Waals surface area contributed by atoms with Crippen LogP contribution >= 0.6 is 0 Å². The summed E-state index contributed by atoms with van der Waals surface area (Å²) in [5, 5.41) is 29.1. The summed E-state index contributed by atoms with van der Waals surface area (Å²) in [6.45, 7) is 3.75. The molecule has 0 bridgehead atoms. The van der Waals surface area contributed by atoms with Crippen molar-refractivity contribution in [2.75, 3.05) is 0 Å². The highest BCUT2D eigenvalue weighted by Crippen LogP contribution is 2.24. The SMILES string of the molecule is Cc1ccc(-n2c(O)c(C=Nc3ccc(O)c(C(=O)O)c3)c(=O)[nH]c2=O)cc1C. The minimum atomic E-state index is -1.34. The summed E-state index contributed by atoms with van der Waals surface area (Å²) in [5.41, 5.74) is 0.0572. The van der Waals surface area contributed by atoms with Gasteiger partial charge in [0.1, 0.15) is 16.9 Å². The van der Waals surface area contributed by atoms with E-state index in [1.807, 2.05) is 13.8 Å². The molecule has 0 amide bonds. The second-order valence-electron chi connectivity index (χ2n) is 6.37. The lowest BCUT2D eigenvalue weighted by Gasteiger charge is -2.11. The number of aromatic hydroxyl groups is 2. The van der Waals surface area contributed by atoms with E-state index in [-0.39, 0.29) is 16.8 Å². The molecular weight excluding hydrogens is 378 g/mol.